The third-order valence-electron chi connectivity index (χ3n) is 3.85. The van der Waals surface area contributed by atoms with E-state index in [1.165, 1.54) is 39.5 Å². The second-order valence-corrected chi connectivity index (χ2v) is 5.22. The Bertz CT molecular complexity index is 888. The fourth-order valence-corrected chi connectivity index (χ4v) is 2.60. The molecule has 2 aromatic carbocycles. The molecule has 26 heavy (non-hydrogen) atoms. The van der Waals surface area contributed by atoms with Gasteiger partial charge in [-0.05, 0) is 29.3 Å². The number of hydrogen-bond donors (Lipinski definition) is 0. The maximum atomic E-state index is 12.4. The number of nitro groups is 1. The molecule has 0 spiro atoms. The van der Waals surface area contributed by atoms with Crippen LogP contribution in [0.2, 0.25) is 0 Å². The van der Waals surface area contributed by atoms with Gasteiger partial charge in [0.2, 0.25) is 0 Å². The molecule has 0 bridgehead atoms. The van der Waals surface area contributed by atoms with E-state index in [-0.39, 0.29) is 11.3 Å². The SMILES string of the molecule is COC(=O)[C@@H](c1ccc([N+](=O)[O-])c(C#N)c1)c1ccc(OC)c(OC)c1. The molecule has 0 unspecified atom stereocenters. The lowest BCUT2D eigenvalue weighted by Crippen LogP contribution is -2.16. The summed E-state index contributed by atoms with van der Waals surface area (Å²) in [6.45, 7) is 0. The Balaban J connectivity index is 2.61. The second kappa shape index (κ2) is 7.98. The van der Waals surface area contributed by atoms with Crippen LogP contribution in [0.15, 0.2) is 36.4 Å². The standard InChI is InChI=1S/C18H16N2O6/c1-24-15-7-5-12(9-16(15)25-2)17(18(21)26-3)11-4-6-14(20(22)23)13(8-11)10-19/h4-9,17H,1-3H3/t17-/m0/s1. The zero-order chi connectivity index (χ0) is 19.3. The Hall–Kier alpha value is -3.60. The number of rotatable bonds is 6. The van der Waals surface area contributed by atoms with Crippen LogP contribution in [-0.4, -0.2) is 32.2 Å². The van der Waals surface area contributed by atoms with Gasteiger partial charge in [0.1, 0.15) is 17.6 Å². The van der Waals surface area contributed by atoms with E-state index >= 15 is 0 Å². The van der Waals surface area contributed by atoms with Crippen LogP contribution in [0.5, 0.6) is 11.5 Å². The third kappa shape index (κ3) is 3.57. The molecular formula is C18H16N2O6. The van der Waals surface area contributed by atoms with Crippen LogP contribution in [0, 0.1) is 21.4 Å². The first-order chi connectivity index (χ1) is 12.5. The summed E-state index contributed by atoms with van der Waals surface area (Å²) < 4.78 is 15.3. The van der Waals surface area contributed by atoms with Gasteiger partial charge in [-0.25, -0.2) is 0 Å². The van der Waals surface area contributed by atoms with Crippen LogP contribution in [0.3, 0.4) is 0 Å². The van der Waals surface area contributed by atoms with E-state index < -0.39 is 16.8 Å². The fraction of sp³-hybridized carbons (Fsp3) is 0.222. The predicted octanol–water partition coefficient (Wildman–Crippen LogP) is 2.79. The van der Waals surface area contributed by atoms with Gasteiger partial charge >= 0.3 is 5.97 Å². The Morgan fingerprint density at radius 2 is 1.69 bits per heavy atom. The maximum Gasteiger partial charge on any atom is 0.317 e. The normalized spacial score (nSPS) is 11.2. The topological polar surface area (TPSA) is 112 Å². The summed E-state index contributed by atoms with van der Waals surface area (Å²) in [5, 5.41) is 20.2. The quantitative estimate of drug-likeness (QED) is 0.444. The minimum absolute atomic E-state index is 0.137. The summed E-state index contributed by atoms with van der Waals surface area (Å²) in [5.74, 6) is -0.551. The molecule has 0 N–H and O–H groups in total. The van der Waals surface area contributed by atoms with Gasteiger partial charge < -0.3 is 14.2 Å². The van der Waals surface area contributed by atoms with Gasteiger partial charge in [0, 0.05) is 6.07 Å². The number of ether oxygens (including phenoxy) is 3. The molecule has 0 aliphatic carbocycles. The molecule has 0 radical (unpaired) electrons. The highest BCUT2D eigenvalue weighted by atomic mass is 16.6. The number of hydrogen-bond acceptors (Lipinski definition) is 7. The summed E-state index contributed by atoms with van der Waals surface area (Å²) in [5.41, 5.74) is 0.465. The van der Waals surface area contributed by atoms with Crippen molar-refractivity contribution in [3.8, 4) is 17.6 Å². The van der Waals surface area contributed by atoms with Crippen LogP contribution in [0.25, 0.3) is 0 Å². The first-order valence-electron chi connectivity index (χ1n) is 7.45. The van der Waals surface area contributed by atoms with Crippen molar-refractivity contribution < 1.29 is 23.9 Å². The molecule has 8 heteroatoms. The van der Waals surface area contributed by atoms with Crippen molar-refractivity contribution in [3.63, 3.8) is 0 Å². The zero-order valence-corrected chi connectivity index (χ0v) is 14.4. The lowest BCUT2D eigenvalue weighted by molar-refractivity contribution is -0.385. The monoisotopic (exact) mass is 356 g/mol. The highest BCUT2D eigenvalue weighted by molar-refractivity contribution is 5.83. The lowest BCUT2D eigenvalue weighted by atomic mass is 9.89. The molecule has 1 atom stereocenters. The molecule has 0 saturated heterocycles. The minimum atomic E-state index is -0.882. The zero-order valence-electron chi connectivity index (χ0n) is 14.4. The van der Waals surface area contributed by atoms with Crippen molar-refractivity contribution in [2.24, 2.45) is 0 Å². The Kier molecular flexibility index (Phi) is 5.75. The van der Waals surface area contributed by atoms with Crippen molar-refractivity contribution in [2.75, 3.05) is 21.3 Å². The summed E-state index contributed by atoms with van der Waals surface area (Å²) in [7, 11) is 4.20. The van der Waals surface area contributed by atoms with Crippen LogP contribution in [0.1, 0.15) is 22.6 Å². The average Bonchev–Trinajstić information content (AvgIpc) is 2.67. The second-order valence-electron chi connectivity index (χ2n) is 5.22. The molecule has 0 heterocycles. The number of nitro benzene ring substituents is 1. The smallest absolute Gasteiger partial charge is 0.317 e. The molecule has 0 amide bonds. The lowest BCUT2D eigenvalue weighted by Gasteiger charge is -2.17. The van der Waals surface area contributed by atoms with Gasteiger partial charge in [-0.1, -0.05) is 12.1 Å². The van der Waals surface area contributed by atoms with Crippen LogP contribution in [-0.2, 0) is 9.53 Å². The van der Waals surface area contributed by atoms with E-state index in [1.54, 1.807) is 24.3 Å². The molecular weight excluding hydrogens is 340 g/mol. The molecule has 0 aliphatic rings. The van der Waals surface area contributed by atoms with E-state index in [1.807, 2.05) is 0 Å². The number of carbonyl (C=O) groups excluding carboxylic acids is 1. The molecule has 0 saturated carbocycles. The fourth-order valence-electron chi connectivity index (χ4n) is 2.60. The van der Waals surface area contributed by atoms with E-state index in [4.69, 9.17) is 14.2 Å². The van der Waals surface area contributed by atoms with E-state index in [2.05, 4.69) is 0 Å². The molecule has 0 aromatic heterocycles. The van der Waals surface area contributed by atoms with Crippen LogP contribution in [0.4, 0.5) is 5.69 Å². The molecule has 0 fully saturated rings. The summed E-state index contributed by atoms with van der Waals surface area (Å²) in [4.78, 5) is 22.7. The number of nitrogens with zero attached hydrogens (tertiary/aromatic N) is 2. The molecule has 134 valence electrons. The Labute approximate surface area is 149 Å². The first kappa shape index (κ1) is 18.7. The van der Waals surface area contributed by atoms with Crippen molar-refractivity contribution >= 4 is 11.7 Å². The molecule has 2 aromatic rings. The Morgan fingerprint density at radius 3 is 2.23 bits per heavy atom. The highest BCUT2D eigenvalue weighted by Crippen LogP contribution is 2.35. The van der Waals surface area contributed by atoms with Gasteiger partial charge in [-0.3, -0.25) is 14.9 Å². The van der Waals surface area contributed by atoms with Crippen molar-refractivity contribution in [1.82, 2.24) is 0 Å². The summed E-state index contributed by atoms with van der Waals surface area (Å²) in [6.07, 6.45) is 0. The van der Waals surface area contributed by atoms with Crippen molar-refractivity contribution in [1.29, 1.82) is 5.26 Å². The van der Waals surface area contributed by atoms with E-state index in [0.717, 1.165) is 0 Å². The number of methoxy groups -OCH3 is 3. The number of nitriles is 1. The van der Waals surface area contributed by atoms with Gasteiger partial charge in [-0.15, -0.1) is 0 Å². The minimum Gasteiger partial charge on any atom is -0.493 e. The third-order valence-corrected chi connectivity index (χ3v) is 3.85. The van der Waals surface area contributed by atoms with Gasteiger partial charge in [0.25, 0.3) is 5.69 Å². The number of esters is 1. The summed E-state index contributed by atoms with van der Waals surface area (Å²) in [6, 6.07) is 10.6. The van der Waals surface area contributed by atoms with Crippen molar-refractivity contribution in [2.45, 2.75) is 5.92 Å². The van der Waals surface area contributed by atoms with Gasteiger partial charge in [0.15, 0.2) is 11.5 Å². The Morgan fingerprint density at radius 1 is 1.08 bits per heavy atom. The number of carbonyl (C=O) groups is 1. The van der Waals surface area contributed by atoms with Gasteiger partial charge in [0.05, 0.1) is 26.3 Å². The van der Waals surface area contributed by atoms with E-state index in [0.29, 0.717) is 22.6 Å². The predicted molar refractivity (Wildman–Crippen MR) is 91.2 cm³/mol. The van der Waals surface area contributed by atoms with Crippen LogP contribution >= 0.6 is 0 Å². The summed E-state index contributed by atoms with van der Waals surface area (Å²) >= 11 is 0. The highest BCUT2D eigenvalue weighted by Gasteiger charge is 2.27. The van der Waals surface area contributed by atoms with Gasteiger partial charge in [-0.2, -0.15) is 5.26 Å². The molecule has 2 rings (SSSR count). The van der Waals surface area contributed by atoms with Crippen LogP contribution < -0.4 is 9.47 Å². The van der Waals surface area contributed by atoms with Crippen molar-refractivity contribution in [3.05, 3.63) is 63.2 Å². The maximum absolute atomic E-state index is 12.4. The van der Waals surface area contributed by atoms with E-state index in [9.17, 15) is 20.2 Å². The first-order valence-corrected chi connectivity index (χ1v) is 7.45. The molecule has 0 aliphatic heterocycles. The number of benzene rings is 2. The average molecular weight is 356 g/mol. The molecule has 8 nitrogen and oxygen atoms in total. The largest absolute Gasteiger partial charge is 0.493 e.